The number of anilines is 1. The van der Waals surface area contributed by atoms with Crippen LogP contribution >= 0.6 is 0 Å². The largest absolute Gasteiger partial charge is 0.496 e. The number of carbonyl (C=O) groups excluding carboxylic acids is 2. The Morgan fingerprint density at radius 1 is 1.06 bits per heavy atom. The molecule has 4 rings (SSSR count). The molecule has 2 atom stereocenters. The number of benzene rings is 2. The molecule has 2 fully saturated rings. The van der Waals surface area contributed by atoms with Gasteiger partial charge in [0.1, 0.15) is 11.5 Å². The molecular formula is C23H26N2O7S. The molecule has 2 aromatic carbocycles. The Morgan fingerprint density at radius 2 is 1.76 bits per heavy atom. The molecule has 0 radical (unpaired) electrons. The lowest BCUT2D eigenvalue weighted by Gasteiger charge is -2.23. The average Bonchev–Trinajstić information content (AvgIpc) is 3.23. The molecule has 0 aliphatic carbocycles. The van der Waals surface area contributed by atoms with Crippen LogP contribution in [0.25, 0.3) is 0 Å². The lowest BCUT2D eigenvalue weighted by atomic mass is 10.1. The van der Waals surface area contributed by atoms with Gasteiger partial charge in [-0.3, -0.25) is 4.90 Å². The number of hydrogen-bond acceptors (Lipinski definition) is 7. The topological polar surface area (TPSA) is 102 Å². The zero-order valence-corrected chi connectivity index (χ0v) is 19.5. The Labute approximate surface area is 192 Å². The zero-order chi connectivity index (χ0) is 23.8. The number of fused-ring (bicyclic) bond motifs is 1. The van der Waals surface area contributed by atoms with Crippen molar-refractivity contribution < 1.29 is 32.2 Å². The first-order valence-corrected chi connectivity index (χ1v) is 12.4. The second-order valence-corrected chi connectivity index (χ2v) is 10.1. The van der Waals surface area contributed by atoms with Crippen molar-refractivity contribution in [1.82, 2.24) is 4.90 Å². The monoisotopic (exact) mass is 474 g/mol. The van der Waals surface area contributed by atoms with Crippen LogP contribution in [0.3, 0.4) is 0 Å². The van der Waals surface area contributed by atoms with Gasteiger partial charge in [0.2, 0.25) is 0 Å². The van der Waals surface area contributed by atoms with Gasteiger partial charge < -0.3 is 19.1 Å². The summed E-state index contributed by atoms with van der Waals surface area (Å²) in [6.07, 6.45) is 0. The van der Waals surface area contributed by atoms with Gasteiger partial charge in [-0.25, -0.2) is 18.0 Å². The number of rotatable bonds is 7. The summed E-state index contributed by atoms with van der Waals surface area (Å²) in [5.74, 6) is 0.434. The summed E-state index contributed by atoms with van der Waals surface area (Å²) in [7, 11) is -0.531. The van der Waals surface area contributed by atoms with E-state index in [4.69, 9.17) is 14.2 Å². The molecule has 0 spiro atoms. The molecule has 0 unspecified atom stereocenters. The fourth-order valence-corrected chi connectivity index (χ4v) is 6.41. The van der Waals surface area contributed by atoms with Crippen LogP contribution in [0, 0.1) is 0 Å². The predicted octanol–water partition coefficient (Wildman–Crippen LogP) is 2.49. The van der Waals surface area contributed by atoms with Crippen molar-refractivity contribution >= 4 is 27.5 Å². The van der Waals surface area contributed by atoms with Crippen molar-refractivity contribution in [3.63, 3.8) is 0 Å². The van der Waals surface area contributed by atoms with Gasteiger partial charge in [-0.05, 0) is 49.4 Å². The van der Waals surface area contributed by atoms with Crippen molar-refractivity contribution in [3.05, 3.63) is 53.6 Å². The van der Waals surface area contributed by atoms with E-state index in [2.05, 4.69) is 0 Å². The van der Waals surface area contributed by atoms with E-state index in [1.54, 1.807) is 52.3 Å². The fraction of sp³-hybridized carbons (Fsp3) is 0.391. The Morgan fingerprint density at radius 3 is 2.39 bits per heavy atom. The number of methoxy groups -OCH3 is 2. The number of amides is 2. The molecule has 2 aromatic rings. The Kier molecular flexibility index (Phi) is 6.20. The molecule has 2 heterocycles. The van der Waals surface area contributed by atoms with Crippen LogP contribution in [0.5, 0.6) is 11.5 Å². The standard InChI is InChI=1S/C23H26N2O7S/c1-4-32-18-8-6-17(7-9-18)25-20-14-33(28,29)13-19(20)24(23(25)27)12-16-11-15(22(26)31-3)5-10-21(16)30-2/h5-11,19-20H,4,12-14H2,1-3H3/t19-,20-/m0/s1. The van der Waals surface area contributed by atoms with E-state index in [9.17, 15) is 18.0 Å². The van der Waals surface area contributed by atoms with Gasteiger partial charge in [-0.15, -0.1) is 0 Å². The normalized spacial score (nSPS) is 21.1. The first-order chi connectivity index (χ1) is 15.8. The van der Waals surface area contributed by atoms with Crippen LogP contribution in [0.2, 0.25) is 0 Å². The van der Waals surface area contributed by atoms with Crippen molar-refractivity contribution in [2.45, 2.75) is 25.6 Å². The first-order valence-electron chi connectivity index (χ1n) is 10.6. The van der Waals surface area contributed by atoms with E-state index >= 15 is 0 Å². The predicted molar refractivity (Wildman–Crippen MR) is 122 cm³/mol. The second-order valence-electron chi connectivity index (χ2n) is 7.94. The van der Waals surface area contributed by atoms with Gasteiger partial charge in [0.05, 0.1) is 56.5 Å². The highest BCUT2D eigenvalue weighted by atomic mass is 32.2. The van der Waals surface area contributed by atoms with E-state index in [-0.39, 0.29) is 24.1 Å². The van der Waals surface area contributed by atoms with Gasteiger partial charge >= 0.3 is 12.0 Å². The van der Waals surface area contributed by atoms with Crippen molar-refractivity contribution in [2.75, 3.05) is 37.2 Å². The van der Waals surface area contributed by atoms with Gasteiger partial charge in [-0.2, -0.15) is 0 Å². The Hall–Kier alpha value is -3.27. The van der Waals surface area contributed by atoms with Crippen LogP contribution in [0.1, 0.15) is 22.8 Å². The van der Waals surface area contributed by atoms with Gasteiger partial charge in [0.15, 0.2) is 9.84 Å². The summed E-state index contributed by atoms with van der Waals surface area (Å²) in [4.78, 5) is 28.6. The third-order valence-corrected chi connectivity index (χ3v) is 7.64. The highest BCUT2D eigenvalue weighted by Gasteiger charge is 2.54. The highest BCUT2D eigenvalue weighted by molar-refractivity contribution is 7.91. The summed E-state index contributed by atoms with van der Waals surface area (Å²) < 4.78 is 40.7. The molecule has 2 aliphatic heterocycles. The molecule has 176 valence electrons. The van der Waals surface area contributed by atoms with Crippen molar-refractivity contribution in [1.29, 1.82) is 0 Å². The maximum atomic E-state index is 13.5. The highest BCUT2D eigenvalue weighted by Crippen LogP contribution is 2.37. The number of nitrogens with zero attached hydrogens (tertiary/aromatic N) is 2. The molecule has 9 nitrogen and oxygen atoms in total. The molecule has 2 aliphatic rings. The molecule has 0 aromatic heterocycles. The van der Waals surface area contributed by atoms with Crippen molar-refractivity contribution in [2.24, 2.45) is 0 Å². The number of carbonyl (C=O) groups is 2. The van der Waals surface area contributed by atoms with Crippen LogP contribution in [-0.4, -0.2) is 69.7 Å². The summed E-state index contributed by atoms with van der Waals surface area (Å²) in [6.45, 7) is 2.50. The van der Waals surface area contributed by atoms with Crippen molar-refractivity contribution in [3.8, 4) is 11.5 Å². The smallest absolute Gasteiger partial charge is 0.337 e. The molecule has 0 bridgehead atoms. The summed E-state index contributed by atoms with van der Waals surface area (Å²) >= 11 is 0. The number of hydrogen-bond donors (Lipinski definition) is 0. The molecular weight excluding hydrogens is 448 g/mol. The van der Waals surface area contributed by atoms with Crippen LogP contribution in [-0.2, 0) is 21.1 Å². The second kappa shape index (κ2) is 8.93. The van der Waals surface area contributed by atoms with Gasteiger partial charge in [-0.1, -0.05) is 0 Å². The average molecular weight is 475 g/mol. The summed E-state index contributed by atoms with van der Waals surface area (Å²) in [5.41, 5.74) is 1.51. The summed E-state index contributed by atoms with van der Waals surface area (Å²) in [5, 5.41) is 0. The van der Waals surface area contributed by atoms with Crippen LogP contribution < -0.4 is 14.4 Å². The first kappa shape index (κ1) is 22.9. The fourth-order valence-electron chi connectivity index (χ4n) is 4.46. The zero-order valence-electron chi connectivity index (χ0n) is 18.7. The maximum Gasteiger partial charge on any atom is 0.337 e. The van der Waals surface area contributed by atoms with Gasteiger partial charge in [0, 0.05) is 11.3 Å². The van der Waals surface area contributed by atoms with Crippen LogP contribution in [0.15, 0.2) is 42.5 Å². The summed E-state index contributed by atoms with van der Waals surface area (Å²) in [6, 6.07) is 10.5. The molecule has 33 heavy (non-hydrogen) atoms. The maximum absolute atomic E-state index is 13.5. The molecule has 2 amide bonds. The molecule has 0 N–H and O–H groups in total. The van der Waals surface area contributed by atoms with E-state index < -0.39 is 27.9 Å². The minimum Gasteiger partial charge on any atom is -0.496 e. The number of esters is 1. The number of ether oxygens (including phenoxy) is 3. The minimum absolute atomic E-state index is 0.0943. The minimum atomic E-state index is -3.32. The molecule has 10 heteroatoms. The van der Waals surface area contributed by atoms with E-state index in [0.29, 0.717) is 34.9 Å². The van der Waals surface area contributed by atoms with Gasteiger partial charge in [0.25, 0.3) is 0 Å². The molecule has 2 saturated heterocycles. The third-order valence-electron chi connectivity index (χ3n) is 5.95. The SMILES string of the molecule is CCOc1ccc(N2C(=O)N(Cc3cc(C(=O)OC)ccc3OC)[C@H]3CS(=O)(=O)C[C@@H]32)cc1. The van der Waals surface area contributed by atoms with E-state index in [0.717, 1.165) is 0 Å². The Balaban J connectivity index is 1.69. The lowest BCUT2D eigenvalue weighted by molar-refractivity contribution is 0.0600. The number of urea groups is 1. The third kappa shape index (κ3) is 4.35. The molecule has 0 saturated carbocycles. The number of sulfone groups is 1. The van der Waals surface area contributed by atoms with E-state index in [1.165, 1.54) is 14.2 Å². The van der Waals surface area contributed by atoms with E-state index in [1.807, 2.05) is 6.92 Å². The van der Waals surface area contributed by atoms with Crippen LogP contribution in [0.4, 0.5) is 10.5 Å². The lowest BCUT2D eigenvalue weighted by Crippen LogP contribution is -2.37. The Bertz CT molecular complexity index is 1160. The quantitative estimate of drug-likeness (QED) is 0.449.